The molecule has 0 aromatic heterocycles. The third-order valence-electron chi connectivity index (χ3n) is 2.20. The molecule has 0 saturated carbocycles. The van der Waals surface area contributed by atoms with E-state index >= 15 is 0 Å². The van der Waals surface area contributed by atoms with Gasteiger partial charge in [-0.25, -0.2) is 0 Å². The topological polar surface area (TPSA) is 30.5 Å². The monoisotopic (exact) mass is 301 g/mol. The molecule has 0 atom stereocenters. The summed E-state index contributed by atoms with van der Waals surface area (Å²) in [5.74, 6) is 0.924. The molecule has 0 amide bonds. The normalized spacial score (nSPS) is 10.9. The summed E-state index contributed by atoms with van der Waals surface area (Å²) in [6.45, 7) is 6.40. The molecule has 1 rings (SSSR count). The zero-order chi connectivity index (χ0) is 12.7. The molecule has 1 aromatic carbocycles. The fraction of sp³-hybridized carbons (Fsp3) is 0.538. The molecule has 0 bridgehead atoms. The van der Waals surface area contributed by atoms with Gasteiger partial charge in [-0.2, -0.15) is 0 Å². The van der Waals surface area contributed by atoms with Crippen molar-refractivity contribution >= 4 is 15.9 Å². The van der Waals surface area contributed by atoms with E-state index in [1.54, 1.807) is 7.11 Å². The van der Waals surface area contributed by atoms with E-state index in [-0.39, 0.29) is 6.10 Å². The number of hydrogen-bond acceptors (Lipinski definition) is 3. The van der Waals surface area contributed by atoms with Gasteiger partial charge >= 0.3 is 0 Å². The molecule has 4 heteroatoms. The van der Waals surface area contributed by atoms with Crippen LogP contribution in [0.15, 0.2) is 22.7 Å². The van der Waals surface area contributed by atoms with Gasteiger partial charge in [0.1, 0.15) is 5.75 Å². The van der Waals surface area contributed by atoms with E-state index in [4.69, 9.17) is 9.47 Å². The minimum absolute atomic E-state index is 0.173. The van der Waals surface area contributed by atoms with E-state index in [1.807, 2.05) is 26.0 Å². The van der Waals surface area contributed by atoms with Crippen LogP contribution >= 0.6 is 15.9 Å². The molecule has 3 nitrogen and oxygen atoms in total. The molecule has 96 valence electrons. The Morgan fingerprint density at radius 1 is 1.35 bits per heavy atom. The summed E-state index contributed by atoms with van der Waals surface area (Å²) in [6.07, 6.45) is 0.173. The Morgan fingerprint density at radius 2 is 2.12 bits per heavy atom. The van der Waals surface area contributed by atoms with Crippen molar-refractivity contribution in [3.05, 3.63) is 28.2 Å². The van der Waals surface area contributed by atoms with Gasteiger partial charge < -0.3 is 14.8 Å². The van der Waals surface area contributed by atoms with E-state index < -0.39 is 0 Å². The lowest BCUT2D eigenvalue weighted by Crippen LogP contribution is -2.19. The zero-order valence-electron chi connectivity index (χ0n) is 10.6. The van der Waals surface area contributed by atoms with Gasteiger partial charge in [0.25, 0.3) is 0 Å². The van der Waals surface area contributed by atoms with E-state index in [0.717, 1.165) is 28.9 Å². The van der Waals surface area contributed by atoms with E-state index in [1.165, 1.54) is 0 Å². The van der Waals surface area contributed by atoms with Gasteiger partial charge in [0, 0.05) is 25.8 Å². The van der Waals surface area contributed by atoms with Crippen LogP contribution in [0.25, 0.3) is 0 Å². The zero-order valence-corrected chi connectivity index (χ0v) is 12.2. The third-order valence-corrected chi connectivity index (χ3v) is 2.82. The number of hydrogen-bond donors (Lipinski definition) is 1. The van der Waals surface area contributed by atoms with Gasteiger partial charge in [0.2, 0.25) is 0 Å². The molecule has 0 heterocycles. The van der Waals surface area contributed by atoms with E-state index in [9.17, 15) is 0 Å². The van der Waals surface area contributed by atoms with Crippen LogP contribution in [0.4, 0.5) is 0 Å². The van der Waals surface area contributed by atoms with Crippen LogP contribution in [0, 0.1) is 0 Å². The lowest BCUT2D eigenvalue weighted by atomic mass is 10.2. The molecule has 1 aromatic rings. The first-order chi connectivity index (χ1) is 8.15. The highest BCUT2D eigenvalue weighted by molar-refractivity contribution is 9.10. The maximum atomic E-state index is 5.82. The van der Waals surface area contributed by atoms with Crippen LogP contribution in [0.1, 0.15) is 19.4 Å². The molecule has 0 fully saturated rings. The van der Waals surface area contributed by atoms with Crippen LogP contribution in [0.3, 0.4) is 0 Å². The minimum Gasteiger partial charge on any atom is -0.489 e. The minimum atomic E-state index is 0.173. The summed E-state index contributed by atoms with van der Waals surface area (Å²) in [6, 6.07) is 6.09. The predicted octanol–water partition coefficient (Wildman–Crippen LogP) is 2.97. The molecular weight excluding hydrogens is 282 g/mol. The number of nitrogens with one attached hydrogen (secondary N) is 1. The van der Waals surface area contributed by atoms with Crippen LogP contribution in [-0.2, 0) is 11.3 Å². The lowest BCUT2D eigenvalue weighted by Gasteiger charge is -2.16. The number of benzene rings is 1. The first kappa shape index (κ1) is 14.5. The van der Waals surface area contributed by atoms with Crippen molar-refractivity contribution < 1.29 is 9.47 Å². The molecule has 0 radical (unpaired) electrons. The van der Waals surface area contributed by atoms with Crippen LogP contribution in [0.2, 0.25) is 0 Å². The maximum absolute atomic E-state index is 5.82. The van der Waals surface area contributed by atoms with Crippen LogP contribution < -0.4 is 10.1 Å². The van der Waals surface area contributed by atoms with E-state index in [0.29, 0.717) is 6.61 Å². The summed E-state index contributed by atoms with van der Waals surface area (Å²) in [5.41, 5.74) is 1.16. The summed E-state index contributed by atoms with van der Waals surface area (Å²) < 4.78 is 11.8. The Labute approximate surface area is 112 Å². The SMILES string of the molecule is COCCNCc1cccc(Br)c1OC(C)C. The fourth-order valence-electron chi connectivity index (χ4n) is 1.46. The number of rotatable bonds is 7. The third kappa shape index (κ3) is 5.06. The Bertz CT molecular complexity index is 342. The van der Waals surface area contributed by atoms with Gasteiger partial charge in [-0.05, 0) is 35.8 Å². The fourth-order valence-corrected chi connectivity index (χ4v) is 1.96. The van der Waals surface area contributed by atoms with Crippen molar-refractivity contribution in [2.45, 2.75) is 26.5 Å². The van der Waals surface area contributed by atoms with Gasteiger partial charge in [0.15, 0.2) is 0 Å². The van der Waals surface area contributed by atoms with Crippen LogP contribution in [-0.4, -0.2) is 26.4 Å². The second-order valence-electron chi connectivity index (χ2n) is 4.06. The maximum Gasteiger partial charge on any atom is 0.138 e. The highest BCUT2D eigenvalue weighted by Crippen LogP contribution is 2.29. The Hall–Kier alpha value is -0.580. The number of methoxy groups -OCH3 is 1. The Kier molecular flexibility index (Phi) is 6.55. The van der Waals surface area contributed by atoms with Crippen molar-refractivity contribution in [3.63, 3.8) is 0 Å². The molecule has 17 heavy (non-hydrogen) atoms. The number of para-hydroxylation sites is 1. The summed E-state index contributed by atoms with van der Waals surface area (Å²) in [7, 11) is 1.70. The van der Waals surface area contributed by atoms with Gasteiger partial charge in [-0.15, -0.1) is 0 Å². The first-order valence-electron chi connectivity index (χ1n) is 5.79. The predicted molar refractivity (Wildman–Crippen MR) is 73.5 cm³/mol. The summed E-state index contributed by atoms with van der Waals surface area (Å²) >= 11 is 3.52. The Balaban J connectivity index is 2.66. The smallest absolute Gasteiger partial charge is 0.138 e. The van der Waals surface area contributed by atoms with Crippen molar-refractivity contribution in [1.82, 2.24) is 5.32 Å². The first-order valence-corrected chi connectivity index (χ1v) is 6.58. The average molecular weight is 302 g/mol. The molecule has 0 unspecified atom stereocenters. The van der Waals surface area contributed by atoms with Gasteiger partial charge in [-0.1, -0.05) is 12.1 Å². The summed E-state index contributed by atoms with van der Waals surface area (Å²) in [4.78, 5) is 0. The molecule has 0 spiro atoms. The molecular formula is C13H20BrNO2. The molecule has 0 saturated heterocycles. The molecule has 0 aliphatic rings. The van der Waals surface area contributed by atoms with E-state index in [2.05, 4.69) is 27.3 Å². The second-order valence-corrected chi connectivity index (χ2v) is 4.92. The number of halogens is 1. The Morgan fingerprint density at radius 3 is 2.76 bits per heavy atom. The highest BCUT2D eigenvalue weighted by Gasteiger charge is 2.09. The lowest BCUT2D eigenvalue weighted by molar-refractivity contribution is 0.198. The van der Waals surface area contributed by atoms with Crippen LogP contribution in [0.5, 0.6) is 5.75 Å². The second kappa shape index (κ2) is 7.69. The standard InChI is InChI=1S/C13H20BrNO2/c1-10(2)17-13-11(5-4-6-12(13)14)9-15-7-8-16-3/h4-6,10,15H,7-9H2,1-3H3. The summed E-state index contributed by atoms with van der Waals surface area (Å²) in [5, 5.41) is 3.32. The largest absolute Gasteiger partial charge is 0.489 e. The van der Waals surface area contributed by atoms with Crippen molar-refractivity contribution in [3.8, 4) is 5.75 Å². The van der Waals surface area contributed by atoms with Gasteiger partial charge in [-0.3, -0.25) is 0 Å². The quantitative estimate of drug-likeness (QED) is 0.786. The molecule has 0 aliphatic heterocycles. The number of ether oxygens (including phenoxy) is 2. The molecule has 1 N–H and O–H groups in total. The van der Waals surface area contributed by atoms with Gasteiger partial charge in [0.05, 0.1) is 17.2 Å². The molecule has 0 aliphatic carbocycles. The van der Waals surface area contributed by atoms with Crippen molar-refractivity contribution in [2.75, 3.05) is 20.3 Å². The highest BCUT2D eigenvalue weighted by atomic mass is 79.9. The van der Waals surface area contributed by atoms with Crippen molar-refractivity contribution in [1.29, 1.82) is 0 Å². The average Bonchev–Trinajstić information content (AvgIpc) is 2.28. The van der Waals surface area contributed by atoms with Crippen molar-refractivity contribution in [2.24, 2.45) is 0 Å².